The van der Waals surface area contributed by atoms with Gasteiger partial charge < -0.3 is 5.73 Å². The Morgan fingerprint density at radius 3 is 3.00 bits per heavy atom. The molecule has 1 heterocycles. The standard InChI is InChI=1S/C12H16N2S/c1-8(7-13)5-10-3-4-12-11(6-10)9(2)14-15-12/h3-4,6,8H,5,7,13H2,1-2H3. The molecule has 2 N–H and O–H groups in total. The highest BCUT2D eigenvalue weighted by molar-refractivity contribution is 7.13. The molecular formula is C12H16N2S. The average molecular weight is 220 g/mol. The minimum atomic E-state index is 0.550. The Morgan fingerprint density at radius 2 is 2.27 bits per heavy atom. The van der Waals surface area contributed by atoms with E-state index < -0.39 is 0 Å². The van der Waals surface area contributed by atoms with E-state index in [4.69, 9.17) is 5.73 Å². The predicted molar refractivity (Wildman–Crippen MR) is 66.3 cm³/mol. The zero-order valence-electron chi connectivity index (χ0n) is 9.16. The van der Waals surface area contributed by atoms with E-state index >= 15 is 0 Å². The number of fused-ring (bicyclic) bond motifs is 1. The van der Waals surface area contributed by atoms with Gasteiger partial charge in [-0.2, -0.15) is 4.37 Å². The summed E-state index contributed by atoms with van der Waals surface area (Å²) in [6.45, 7) is 5.00. The maximum Gasteiger partial charge on any atom is 0.0589 e. The Labute approximate surface area is 94.3 Å². The van der Waals surface area contributed by atoms with Gasteiger partial charge in [-0.3, -0.25) is 0 Å². The third-order valence-electron chi connectivity index (χ3n) is 2.70. The summed E-state index contributed by atoms with van der Waals surface area (Å²) in [6.07, 6.45) is 1.06. The maximum absolute atomic E-state index is 5.63. The molecule has 0 aliphatic heterocycles. The fourth-order valence-electron chi connectivity index (χ4n) is 1.72. The van der Waals surface area contributed by atoms with E-state index in [1.54, 1.807) is 11.5 Å². The Balaban J connectivity index is 2.33. The molecule has 1 aromatic carbocycles. The van der Waals surface area contributed by atoms with Crippen molar-refractivity contribution in [2.75, 3.05) is 6.54 Å². The number of nitrogens with two attached hydrogens (primary N) is 1. The summed E-state index contributed by atoms with van der Waals surface area (Å²) in [5.74, 6) is 0.550. The molecule has 0 radical (unpaired) electrons. The van der Waals surface area contributed by atoms with E-state index in [0.717, 1.165) is 18.7 Å². The molecular weight excluding hydrogens is 204 g/mol. The van der Waals surface area contributed by atoms with Crippen molar-refractivity contribution in [1.29, 1.82) is 0 Å². The molecule has 2 aromatic rings. The summed E-state index contributed by atoms with van der Waals surface area (Å²) in [6, 6.07) is 6.60. The molecule has 0 saturated heterocycles. The van der Waals surface area contributed by atoms with Crippen LogP contribution < -0.4 is 5.73 Å². The average Bonchev–Trinajstić information content (AvgIpc) is 2.60. The van der Waals surface area contributed by atoms with Crippen LogP contribution in [0.5, 0.6) is 0 Å². The monoisotopic (exact) mass is 220 g/mol. The van der Waals surface area contributed by atoms with E-state index in [9.17, 15) is 0 Å². The molecule has 2 rings (SSSR count). The lowest BCUT2D eigenvalue weighted by atomic mass is 10.0. The van der Waals surface area contributed by atoms with Gasteiger partial charge in [-0.25, -0.2) is 0 Å². The molecule has 0 saturated carbocycles. The maximum atomic E-state index is 5.63. The molecule has 80 valence electrons. The summed E-state index contributed by atoms with van der Waals surface area (Å²) in [4.78, 5) is 0. The van der Waals surface area contributed by atoms with Crippen molar-refractivity contribution >= 4 is 21.6 Å². The fourth-order valence-corrected chi connectivity index (χ4v) is 2.49. The number of benzene rings is 1. The zero-order chi connectivity index (χ0) is 10.8. The second-order valence-electron chi connectivity index (χ2n) is 4.14. The van der Waals surface area contributed by atoms with Gasteiger partial charge in [-0.15, -0.1) is 0 Å². The van der Waals surface area contributed by atoms with Crippen LogP contribution in [0, 0.1) is 12.8 Å². The first kappa shape index (κ1) is 10.6. The predicted octanol–water partition coefficient (Wildman–Crippen LogP) is 2.74. The Kier molecular flexibility index (Phi) is 3.03. The van der Waals surface area contributed by atoms with Crippen molar-refractivity contribution in [2.45, 2.75) is 20.3 Å². The van der Waals surface area contributed by atoms with E-state index in [1.165, 1.54) is 15.6 Å². The van der Waals surface area contributed by atoms with Gasteiger partial charge in [0.15, 0.2) is 0 Å². The largest absolute Gasteiger partial charge is 0.330 e. The van der Waals surface area contributed by atoms with Crippen LogP contribution in [-0.2, 0) is 6.42 Å². The van der Waals surface area contributed by atoms with Crippen LogP contribution in [0.15, 0.2) is 18.2 Å². The molecule has 0 amide bonds. The van der Waals surface area contributed by atoms with Crippen LogP contribution in [0.1, 0.15) is 18.2 Å². The van der Waals surface area contributed by atoms with Crippen molar-refractivity contribution < 1.29 is 0 Å². The van der Waals surface area contributed by atoms with Crippen molar-refractivity contribution in [3.63, 3.8) is 0 Å². The van der Waals surface area contributed by atoms with Crippen LogP contribution in [0.25, 0.3) is 10.1 Å². The van der Waals surface area contributed by atoms with Crippen LogP contribution in [0.3, 0.4) is 0 Å². The number of aryl methyl sites for hydroxylation is 1. The van der Waals surface area contributed by atoms with E-state index in [0.29, 0.717) is 5.92 Å². The fraction of sp³-hybridized carbons (Fsp3) is 0.417. The number of aromatic nitrogens is 1. The van der Waals surface area contributed by atoms with E-state index in [1.807, 2.05) is 0 Å². The van der Waals surface area contributed by atoms with Crippen LogP contribution in [0.4, 0.5) is 0 Å². The highest BCUT2D eigenvalue weighted by Gasteiger charge is 2.05. The first-order chi connectivity index (χ1) is 7.20. The second-order valence-corrected chi connectivity index (χ2v) is 4.95. The van der Waals surface area contributed by atoms with Gasteiger partial charge in [0.1, 0.15) is 0 Å². The SMILES string of the molecule is Cc1nsc2ccc(CC(C)CN)cc12. The van der Waals surface area contributed by atoms with Gasteiger partial charge in [-0.05, 0) is 55.0 Å². The Hall–Kier alpha value is -0.930. The summed E-state index contributed by atoms with van der Waals surface area (Å²) in [7, 11) is 0. The van der Waals surface area contributed by atoms with Crippen molar-refractivity contribution in [1.82, 2.24) is 4.37 Å². The second kappa shape index (κ2) is 4.29. The minimum absolute atomic E-state index is 0.550. The number of rotatable bonds is 3. The van der Waals surface area contributed by atoms with Gasteiger partial charge in [0.25, 0.3) is 0 Å². The lowest BCUT2D eigenvalue weighted by Crippen LogP contribution is -2.12. The van der Waals surface area contributed by atoms with E-state index in [-0.39, 0.29) is 0 Å². The van der Waals surface area contributed by atoms with Crippen molar-refractivity contribution in [3.8, 4) is 0 Å². The van der Waals surface area contributed by atoms with Gasteiger partial charge in [0, 0.05) is 5.39 Å². The quantitative estimate of drug-likeness (QED) is 0.863. The van der Waals surface area contributed by atoms with Gasteiger partial charge in [0.05, 0.1) is 10.4 Å². The Morgan fingerprint density at radius 1 is 1.47 bits per heavy atom. The number of hydrogen-bond donors (Lipinski definition) is 1. The van der Waals surface area contributed by atoms with E-state index in [2.05, 4.69) is 36.4 Å². The summed E-state index contributed by atoms with van der Waals surface area (Å²) in [5.41, 5.74) is 8.13. The van der Waals surface area contributed by atoms with Crippen molar-refractivity contribution in [3.05, 3.63) is 29.5 Å². The lowest BCUT2D eigenvalue weighted by molar-refractivity contribution is 0.593. The Bertz CT molecular complexity index is 462. The van der Waals surface area contributed by atoms with Gasteiger partial charge >= 0.3 is 0 Å². The molecule has 2 nitrogen and oxygen atoms in total. The van der Waals surface area contributed by atoms with Crippen molar-refractivity contribution in [2.24, 2.45) is 11.7 Å². The molecule has 0 bridgehead atoms. The molecule has 1 unspecified atom stereocenters. The number of nitrogens with zero attached hydrogens (tertiary/aromatic N) is 1. The molecule has 15 heavy (non-hydrogen) atoms. The van der Waals surface area contributed by atoms with Crippen LogP contribution in [-0.4, -0.2) is 10.9 Å². The molecule has 0 aliphatic rings. The molecule has 1 atom stereocenters. The normalized spacial score (nSPS) is 13.3. The first-order valence-electron chi connectivity index (χ1n) is 5.25. The molecule has 1 aromatic heterocycles. The molecule has 0 spiro atoms. The summed E-state index contributed by atoms with van der Waals surface area (Å²) in [5, 5.41) is 1.29. The third kappa shape index (κ3) is 2.19. The lowest BCUT2D eigenvalue weighted by Gasteiger charge is -2.07. The third-order valence-corrected chi connectivity index (χ3v) is 3.62. The highest BCUT2D eigenvalue weighted by Crippen LogP contribution is 2.24. The molecule has 3 heteroatoms. The topological polar surface area (TPSA) is 38.9 Å². The van der Waals surface area contributed by atoms with Gasteiger partial charge in [0.2, 0.25) is 0 Å². The summed E-state index contributed by atoms with van der Waals surface area (Å²) >= 11 is 1.57. The smallest absolute Gasteiger partial charge is 0.0589 e. The minimum Gasteiger partial charge on any atom is -0.330 e. The number of hydrogen-bond acceptors (Lipinski definition) is 3. The van der Waals surface area contributed by atoms with Crippen LogP contribution in [0.2, 0.25) is 0 Å². The zero-order valence-corrected chi connectivity index (χ0v) is 9.97. The van der Waals surface area contributed by atoms with Gasteiger partial charge in [-0.1, -0.05) is 13.0 Å². The first-order valence-corrected chi connectivity index (χ1v) is 6.03. The molecule has 0 aliphatic carbocycles. The summed E-state index contributed by atoms with van der Waals surface area (Å²) < 4.78 is 5.63. The highest BCUT2D eigenvalue weighted by atomic mass is 32.1. The van der Waals surface area contributed by atoms with Crippen LogP contribution >= 0.6 is 11.5 Å². The molecule has 0 fully saturated rings.